The second kappa shape index (κ2) is 3.18. The average Bonchev–Trinajstić information content (AvgIpc) is 2.27. The minimum absolute atomic E-state index is 0.0406. The van der Waals surface area contributed by atoms with E-state index in [-0.39, 0.29) is 11.7 Å². The van der Waals surface area contributed by atoms with Crippen LogP contribution in [0.4, 0.5) is 0 Å². The molecule has 1 fully saturated rings. The molecular formula is C7H14O3P+. The molecule has 0 saturated carbocycles. The molecule has 0 aromatic carbocycles. The fourth-order valence-corrected chi connectivity index (χ4v) is 2.62. The van der Waals surface area contributed by atoms with Gasteiger partial charge in [0, 0.05) is 4.57 Å². The topological polar surface area (TPSA) is 35.5 Å². The Morgan fingerprint density at radius 1 is 1.45 bits per heavy atom. The van der Waals surface area contributed by atoms with Gasteiger partial charge in [0.2, 0.25) is 0 Å². The summed E-state index contributed by atoms with van der Waals surface area (Å²) in [5.74, 6) is 0. The Morgan fingerprint density at radius 3 is 2.18 bits per heavy atom. The highest BCUT2D eigenvalue weighted by Gasteiger charge is 2.54. The van der Waals surface area contributed by atoms with Crippen LogP contribution in [0.1, 0.15) is 33.6 Å². The molecule has 2 unspecified atom stereocenters. The summed E-state index contributed by atoms with van der Waals surface area (Å²) in [4.78, 5) is 0. The zero-order valence-corrected chi connectivity index (χ0v) is 8.06. The molecule has 4 heteroatoms. The van der Waals surface area contributed by atoms with Crippen molar-refractivity contribution in [3.8, 4) is 0 Å². The molecule has 1 saturated heterocycles. The summed E-state index contributed by atoms with van der Waals surface area (Å²) in [6.45, 7) is 5.96. The van der Waals surface area contributed by atoms with Crippen molar-refractivity contribution in [1.82, 2.24) is 0 Å². The standard InChI is InChI=1S/C7H14O3P/c1-4-7(5-2)6(3)9-11(8)10-7/h6H,4-5H2,1-3H3/q+1. The normalized spacial score (nSPS) is 32.6. The molecule has 1 heterocycles. The molecule has 1 aliphatic rings. The van der Waals surface area contributed by atoms with Gasteiger partial charge in [-0.25, -0.2) is 0 Å². The molecule has 0 spiro atoms. The molecule has 2 atom stereocenters. The van der Waals surface area contributed by atoms with Gasteiger partial charge in [0.15, 0.2) is 5.60 Å². The highest BCUT2D eigenvalue weighted by Crippen LogP contribution is 2.47. The lowest BCUT2D eigenvalue weighted by Gasteiger charge is -2.20. The molecule has 0 amide bonds. The molecule has 0 aliphatic carbocycles. The maximum absolute atomic E-state index is 10.9. The molecule has 64 valence electrons. The van der Waals surface area contributed by atoms with E-state index in [0.717, 1.165) is 12.8 Å². The van der Waals surface area contributed by atoms with Crippen molar-refractivity contribution in [1.29, 1.82) is 0 Å². The lowest BCUT2D eigenvalue weighted by atomic mass is 9.92. The summed E-state index contributed by atoms with van der Waals surface area (Å²) in [6.07, 6.45) is 1.67. The first-order valence-corrected chi connectivity index (χ1v) is 5.07. The maximum atomic E-state index is 10.9. The van der Waals surface area contributed by atoms with E-state index < -0.39 is 8.25 Å². The average molecular weight is 177 g/mol. The molecule has 11 heavy (non-hydrogen) atoms. The van der Waals surface area contributed by atoms with Crippen LogP contribution in [0.3, 0.4) is 0 Å². The third kappa shape index (κ3) is 1.46. The van der Waals surface area contributed by atoms with E-state index in [1.54, 1.807) is 0 Å². The first kappa shape index (κ1) is 9.11. The Hall–Kier alpha value is 0.0200. The second-order valence-electron chi connectivity index (χ2n) is 2.83. The van der Waals surface area contributed by atoms with Gasteiger partial charge in [0.25, 0.3) is 0 Å². The van der Waals surface area contributed by atoms with Crippen LogP contribution in [0.2, 0.25) is 0 Å². The second-order valence-corrected chi connectivity index (χ2v) is 3.68. The molecule has 0 bridgehead atoms. The Morgan fingerprint density at radius 2 is 2.00 bits per heavy atom. The van der Waals surface area contributed by atoms with Crippen molar-refractivity contribution in [2.24, 2.45) is 0 Å². The maximum Gasteiger partial charge on any atom is 0.698 e. The van der Waals surface area contributed by atoms with Gasteiger partial charge in [0.1, 0.15) is 6.10 Å². The van der Waals surface area contributed by atoms with Crippen molar-refractivity contribution < 1.29 is 13.6 Å². The van der Waals surface area contributed by atoms with Gasteiger partial charge in [-0.3, -0.25) is 0 Å². The fourth-order valence-electron chi connectivity index (χ4n) is 1.42. The minimum Gasteiger partial charge on any atom is -0.113 e. The van der Waals surface area contributed by atoms with Crippen LogP contribution in [0, 0.1) is 0 Å². The number of hydrogen-bond acceptors (Lipinski definition) is 3. The molecular weight excluding hydrogens is 163 g/mol. The number of rotatable bonds is 2. The van der Waals surface area contributed by atoms with E-state index in [0.29, 0.717) is 0 Å². The van der Waals surface area contributed by atoms with Crippen LogP contribution in [0.25, 0.3) is 0 Å². The van der Waals surface area contributed by atoms with Gasteiger partial charge in [-0.15, -0.1) is 9.05 Å². The van der Waals surface area contributed by atoms with E-state index in [9.17, 15) is 4.57 Å². The van der Waals surface area contributed by atoms with Crippen LogP contribution >= 0.6 is 8.25 Å². The van der Waals surface area contributed by atoms with E-state index >= 15 is 0 Å². The van der Waals surface area contributed by atoms with E-state index in [2.05, 4.69) is 0 Å². The number of hydrogen-bond donors (Lipinski definition) is 0. The first-order chi connectivity index (χ1) is 5.14. The highest BCUT2D eigenvalue weighted by molar-refractivity contribution is 7.33. The van der Waals surface area contributed by atoms with Gasteiger partial charge in [-0.1, -0.05) is 13.8 Å². The molecule has 3 nitrogen and oxygen atoms in total. The van der Waals surface area contributed by atoms with Crippen LogP contribution in [0.15, 0.2) is 0 Å². The summed E-state index contributed by atoms with van der Waals surface area (Å²) >= 11 is 0. The summed E-state index contributed by atoms with van der Waals surface area (Å²) in [7, 11) is -1.85. The van der Waals surface area contributed by atoms with Crippen molar-refractivity contribution in [3.63, 3.8) is 0 Å². The lowest BCUT2D eigenvalue weighted by molar-refractivity contribution is 0.0390. The van der Waals surface area contributed by atoms with Gasteiger partial charge >= 0.3 is 8.25 Å². The summed E-state index contributed by atoms with van der Waals surface area (Å²) < 4.78 is 21.2. The Labute approximate surface area is 68.0 Å². The quantitative estimate of drug-likeness (QED) is 0.608. The molecule has 0 aromatic heterocycles. The SMILES string of the molecule is CCC1(CC)O[P+](=O)OC1C. The molecule has 0 aromatic rings. The van der Waals surface area contributed by atoms with E-state index in [1.165, 1.54) is 0 Å². The zero-order valence-electron chi connectivity index (χ0n) is 7.16. The van der Waals surface area contributed by atoms with Crippen molar-refractivity contribution in [2.45, 2.75) is 45.3 Å². The summed E-state index contributed by atoms with van der Waals surface area (Å²) in [6, 6.07) is 0. The third-order valence-electron chi connectivity index (χ3n) is 2.44. The smallest absolute Gasteiger partial charge is 0.113 e. The largest absolute Gasteiger partial charge is 0.698 e. The summed E-state index contributed by atoms with van der Waals surface area (Å²) in [5, 5.41) is 0. The van der Waals surface area contributed by atoms with Gasteiger partial charge in [0.05, 0.1) is 0 Å². The monoisotopic (exact) mass is 177 g/mol. The summed E-state index contributed by atoms with van der Waals surface area (Å²) in [5.41, 5.74) is -0.298. The van der Waals surface area contributed by atoms with Gasteiger partial charge in [-0.05, 0) is 19.8 Å². The molecule has 0 N–H and O–H groups in total. The Bertz CT molecular complexity index is 165. The van der Waals surface area contributed by atoms with Crippen molar-refractivity contribution >= 4 is 8.25 Å². The van der Waals surface area contributed by atoms with Gasteiger partial charge in [-0.2, -0.15) is 0 Å². The highest BCUT2D eigenvalue weighted by atomic mass is 31.1. The van der Waals surface area contributed by atoms with Crippen LogP contribution < -0.4 is 0 Å². The zero-order chi connectivity index (χ0) is 8.48. The van der Waals surface area contributed by atoms with Crippen LogP contribution in [0.5, 0.6) is 0 Å². The lowest BCUT2D eigenvalue weighted by Crippen LogP contribution is -2.36. The molecule has 1 aliphatic heterocycles. The Balaban J connectivity index is 2.75. The van der Waals surface area contributed by atoms with Crippen molar-refractivity contribution in [3.05, 3.63) is 0 Å². The van der Waals surface area contributed by atoms with E-state index in [4.69, 9.17) is 9.05 Å². The van der Waals surface area contributed by atoms with Gasteiger partial charge < -0.3 is 0 Å². The Kier molecular flexibility index (Phi) is 2.63. The third-order valence-corrected chi connectivity index (χ3v) is 3.44. The van der Waals surface area contributed by atoms with Crippen molar-refractivity contribution in [2.75, 3.05) is 0 Å². The molecule has 1 rings (SSSR count). The van der Waals surface area contributed by atoms with E-state index in [1.807, 2.05) is 20.8 Å². The van der Waals surface area contributed by atoms with Crippen LogP contribution in [-0.4, -0.2) is 11.7 Å². The first-order valence-electron chi connectivity index (χ1n) is 3.97. The predicted molar refractivity (Wildman–Crippen MR) is 42.6 cm³/mol. The predicted octanol–water partition coefficient (Wildman–Crippen LogP) is 2.64. The minimum atomic E-state index is -1.85. The fraction of sp³-hybridized carbons (Fsp3) is 1.00. The molecule has 0 radical (unpaired) electrons. The van der Waals surface area contributed by atoms with Crippen LogP contribution in [-0.2, 0) is 13.6 Å².